The third-order valence-corrected chi connectivity index (χ3v) is 13.0. The molecule has 0 saturated heterocycles. The standard InChI is InChI=1S/C31H35N3.C27H30N2/c1-4-34-30-16-8-7-14-28(30)29-18-17-25(21-31(29)34)22(2)32-19-10-20-33-23(3)26-15-9-12-24-11-5-6-13-27(24)26;1-20(24-16-7-12-22-10-3-5-14-26(22)24)28-18-9-19-29-21(2)25-17-8-13-23-11-4-6-15-27(23)25/h5-9,11-18,21-23,32-33H,4,10,19-20H2,1-3H3;3-8,10-17,20-21,28-29H,9,18-19H2,1-2H3/t22-,23-;20-,21-/m11/s1. The van der Waals surface area contributed by atoms with Crippen molar-refractivity contribution >= 4 is 54.1 Å². The van der Waals surface area contributed by atoms with Gasteiger partial charge in [-0.2, -0.15) is 0 Å². The van der Waals surface area contributed by atoms with Crippen molar-refractivity contribution in [3.8, 4) is 0 Å². The minimum absolute atomic E-state index is 0.322. The Hall–Kier alpha value is -5.82. The minimum atomic E-state index is 0.322. The lowest BCUT2D eigenvalue weighted by Gasteiger charge is -2.19. The Labute approximate surface area is 374 Å². The SMILES string of the molecule is CCn1c2ccccc2c2ccc([C@@H](C)NCCCN[C@H](C)c3cccc4ccccc34)cc21.C[C@@H](NCCCN[C@H](C)c1cccc2ccccc12)c1cccc2ccccc12. The maximum atomic E-state index is 3.73. The lowest BCUT2D eigenvalue weighted by Crippen LogP contribution is -2.26. The van der Waals surface area contributed by atoms with Gasteiger partial charge in [-0.05, 0) is 140 Å². The molecule has 8 aromatic carbocycles. The molecule has 5 nitrogen and oxygen atoms in total. The van der Waals surface area contributed by atoms with Crippen molar-refractivity contribution in [3.63, 3.8) is 0 Å². The van der Waals surface area contributed by atoms with Gasteiger partial charge in [0.15, 0.2) is 0 Å². The summed E-state index contributed by atoms with van der Waals surface area (Å²) in [6.45, 7) is 16.2. The molecule has 1 aromatic heterocycles. The first-order valence-electron chi connectivity index (χ1n) is 23.3. The van der Waals surface area contributed by atoms with Crippen molar-refractivity contribution in [2.45, 2.75) is 78.2 Å². The van der Waals surface area contributed by atoms with Gasteiger partial charge in [0.25, 0.3) is 0 Å². The molecule has 9 aromatic rings. The monoisotopic (exact) mass is 832 g/mol. The predicted octanol–water partition coefficient (Wildman–Crippen LogP) is 13.7. The van der Waals surface area contributed by atoms with Crippen LogP contribution in [0, 0.1) is 0 Å². The Bertz CT molecular complexity index is 2790. The molecular weight excluding hydrogens is 767 g/mol. The molecule has 4 N–H and O–H groups in total. The molecule has 0 bridgehead atoms. The zero-order chi connectivity index (χ0) is 43.5. The van der Waals surface area contributed by atoms with Crippen LogP contribution in [-0.2, 0) is 6.54 Å². The molecular formula is C58H65N5. The molecule has 322 valence electrons. The van der Waals surface area contributed by atoms with Gasteiger partial charge in [-0.15, -0.1) is 0 Å². The summed E-state index contributed by atoms with van der Waals surface area (Å²) in [7, 11) is 0. The topological polar surface area (TPSA) is 53.1 Å². The van der Waals surface area contributed by atoms with Gasteiger partial charge in [-0.25, -0.2) is 0 Å². The fourth-order valence-corrected chi connectivity index (χ4v) is 9.46. The van der Waals surface area contributed by atoms with Crippen molar-refractivity contribution in [2.24, 2.45) is 0 Å². The molecule has 0 fully saturated rings. The first-order chi connectivity index (χ1) is 30.9. The van der Waals surface area contributed by atoms with Crippen LogP contribution in [0.2, 0.25) is 0 Å². The highest BCUT2D eigenvalue weighted by Gasteiger charge is 2.14. The van der Waals surface area contributed by atoms with Gasteiger partial charge in [-0.3, -0.25) is 0 Å². The van der Waals surface area contributed by atoms with Crippen LogP contribution >= 0.6 is 0 Å². The first-order valence-corrected chi connectivity index (χ1v) is 23.3. The number of benzene rings is 8. The number of rotatable bonds is 17. The Morgan fingerprint density at radius 3 is 1.17 bits per heavy atom. The van der Waals surface area contributed by atoms with Crippen molar-refractivity contribution in [3.05, 3.63) is 192 Å². The highest BCUT2D eigenvalue weighted by Crippen LogP contribution is 2.31. The Morgan fingerprint density at radius 2 is 0.730 bits per heavy atom. The minimum Gasteiger partial charge on any atom is -0.341 e. The third kappa shape index (κ3) is 10.2. The second-order valence-corrected chi connectivity index (χ2v) is 17.2. The zero-order valence-electron chi connectivity index (χ0n) is 37.9. The second kappa shape index (κ2) is 21.0. The highest BCUT2D eigenvalue weighted by atomic mass is 15.0. The highest BCUT2D eigenvalue weighted by molar-refractivity contribution is 6.08. The van der Waals surface area contributed by atoms with E-state index >= 15 is 0 Å². The summed E-state index contributed by atoms with van der Waals surface area (Å²) in [6, 6.07) is 62.7. The summed E-state index contributed by atoms with van der Waals surface area (Å²) >= 11 is 0. The molecule has 0 aliphatic heterocycles. The maximum absolute atomic E-state index is 3.73. The zero-order valence-corrected chi connectivity index (χ0v) is 37.9. The van der Waals surface area contributed by atoms with Crippen molar-refractivity contribution in [1.82, 2.24) is 25.8 Å². The first kappa shape index (κ1) is 43.8. The van der Waals surface area contributed by atoms with Gasteiger partial charge < -0.3 is 25.8 Å². The van der Waals surface area contributed by atoms with E-state index in [-0.39, 0.29) is 0 Å². The van der Waals surface area contributed by atoms with Crippen molar-refractivity contribution in [2.75, 3.05) is 26.2 Å². The number of para-hydroxylation sites is 1. The number of nitrogens with one attached hydrogen (secondary N) is 4. The summed E-state index contributed by atoms with van der Waals surface area (Å²) in [5, 5.41) is 25.5. The molecule has 5 heteroatoms. The molecule has 0 amide bonds. The van der Waals surface area contributed by atoms with Crippen LogP contribution in [0.4, 0.5) is 0 Å². The fourth-order valence-electron chi connectivity index (χ4n) is 9.46. The van der Waals surface area contributed by atoms with E-state index < -0.39 is 0 Å². The Kier molecular flexibility index (Phi) is 14.6. The molecule has 0 spiro atoms. The van der Waals surface area contributed by atoms with Crippen LogP contribution < -0.4 is 21.3 Å². The summed E-state index contributed by atoms with van der Waals surface area (Å²) in [4.78, 5) is 0. The molecule has 63 heavy (non-hydrogen) atoms. The fraction of sp³-hybridized carbons (Fsp3) is 0.276. The van der Waals surface area contributed by atoms with E-state index in [9.17, 15) is 0 Å². The molecule has 0 aliphatic carbocycles. The van der Waals surface area contributed by atoms with Crippen LogP contribution in [-0.4, -0.2) is 30.7 Å². The van der Waals surface area contributed by atoms with Crippen LogP contribution in [0.1, 0.15) is 93.9 Å². The van der Waals surface area contributed by atoms with E-state index in [2.05, 4.69) is 230 Å². The maximum Gasteiger partial charge on any atom is 0.0494 e. The number of aryl methyl sites for hydroxylation is 1. The van der Waals surface area contributed by atoms with Crippen molar-refractivity contribution < 1.29 is 0 Å². The average Bonchev–Trinajstić information content (AvgIpc) is 3.66. The number of hydrogen-bond acceptors (Lipinski definition) is 4. The van der Waals surface area contributed by atoms with Crippen LogP contribution in [0.3, 0.4) is 0 Å². The van der Waals surface area contributed by atoms with Gasteiger partial charge in [0.1, 0.15) is 0 Å². The molecule has 0 unspecified atom stereocenters. The molecule has 4 atom stereocenters. The predicted molar refractivity (Wildman–Crippen MR) is 272 cm³/mol. The smallest absolute Gasteiger partial charge is 0.0494 e. The number of nitrogens with zero attached hydrogens (tertiary/aromatic N) is 1. The van der Waals surface area contributed by atoms with Gasteiger partial charge in [0.2, 0.25) is 0 Å². The lowest BCUT2D eigenvalue weighted by atomic mass is 9.99. The van der Waals surface area contributed by atoms with E-state index in [1.54, 1.807) is 0 Å². The Morgan fingerprint density at radius 1 is 0.365 bits per heavy atom. The van der Waals surface area contributed by atoms with Crippen LogP contribution in [0.15, 0.2) is 170 Å². The molecule has 1 heterocycles. The van der Waals surface area contributed by atoms with Gasteiger partial charge in [-0.1, -0.05) is 158 Å². The quantitative estimate of drug-likeness (QED) is 0.0691. The average molecular weight is 832 g/mol. The second-order valence-electron chi connectivity index (χ2n) is 17.2. The molecule has 9 rings (SSSR count). The van der Waals surface area contributed by atoms with Gasteiger partial charge in [0, 0.05) is 52.5 Å². The Balaban J connectivity index is 0.000000175. The van der Waals surface area contributed by atoms with E-state index in [1.165, 1.54) is 76.4 Å². The van der Waals surface area contributed by atoms with E-state index in [0.717, 1.165) is 45.6 Å². The number of fused-ring (bicyclic) bond motifs is 6. The molecule has 0 saturated carbocycles. The summed E-state index contributed by atoms with van der Waals surface area (Å²) in [5.41, 5.74) is 8.13. The third-order valence-electron chi connectivity index (χ3n) is 13.0. The van der Waals surface area contributed by atoms with Gasteiger partial charge >= 0.3 is 0 Å². The summed E-state index contributed by atoms with van der Waals surface area (Å²) in [6.07, 6.45) is 2.20. The van der Waals surface area contributed by atoms with Gasteiger partial charge in [0.05, 0.1) is 0 Å². The van der Waals surface area contributed by atoms with Crippen molar-refractivity contribution in [1.29, 1.82) is 0 Å². The summed E-state index contributed by atoms with van der Waals surface area (Å²) in [5.74, 6) is 0. The number of aromatic nitrogens is 1. The van der Waals surface area contributed by atoms with E-state index in [0.29, 0.717) is 24.2 Å². The molecule has 0 radical (unpaired) electrons. The lowest BCUT2D eigenvalue weighted by molar-refractivity contribution is 0.512. The summed E-state index contributed by atoms with van der Waals surface area (Å²) < 4.78 is 2.43. The normalized spacial score (nSPS) is 13.6. The largest absolute Gasteiger partial charge is 0.341 e. The number of hydrogen-bond donors (Lipinski definition) is 4. The van der Waals surface area contributed by atoms with E-state index in [1.807, 2.05) is 0 Å². The molecule has 0 aliphatic rings. The van der Waals surface area contributed by atoms with Crippen LogP contribution in [0.5, 0.6) is 0 Å². The van der Waals surface area contributed by atoms with E-state index in [4.69, 9.17) is 0 Å². The van der Waals surface area contributed by atoms with Crippen LogP contribution in [0.25, 0.3) is 54.1 Å².